The molecule has 154 valence electrons. The Hall–Kier alpha value is -2.37. The molecular weight excluding hydrogens is 354 g/mol. The van der Waals surface area contributed by atoms with E-state index < -0.39 is 6.04 Å². The van der Waals surface area contributed by atoms with Gasteiger partial charge in [-0.1, -0.05) is 24.6 Å². The molecule has 2 rings (SSSR count). The van der Waals surface area contributed by atoms with Crippen LogP contribution >= 0.6 is 0 Å². The molecule has 1 aromatic carbocycles. The van der Waals surface area contributed by atoms with Crippen LogP contribution in [-0.2, 0) is 9.59 Å². The van der Waals surface area contributed by atoms with Gasteiger partial charge in [-0.25, -0.2) is 0 Å². The molecule has 0 aromatic heterocycles. The van der Waals surface area contributed by atoms with Crippen molar-refractivity contribution in [3.05, 3.63) is 35.4 Å². The van der Waals surface area contributed by atoms with Crippen LogP contribution in [0, 0.1) is 12.8 Å². The topological polar surface area (TPSA) is 69.7 Å². The van der Waals surface area contributed by atoms with Gasteiger partial charge < -0.3 is 15.1 Å². The van der Waals surface area contributed by atoms with Crippen LogP contribution in [0.15, 0.2) is 24.3 Å². The van der Waals surface area contributed by atoms with Crippen LogP contribution in [0.1, 0.15) is 56.0 Å². The van der Waals surface area contributed by atoms with Gasteiger partial charge in [-0.05, 0) is 51.7 Å². The lowest BCUT2D eigenvalue weighted by Crippen LogP contribution is -2.54. The third-order valence-corrected chi connectivity index (χ3v) is 5.61. The minimum Gasteiger partial charge on any atom is -0.343 e. The number of rotatable bonds is 7. The van der Waals surface area contributed by atoms with Crippen molar-refractivity contribution in [1.29, 1.82) is 0 Å². The molecule has 0 radical (unpaired) electrons. The van der Waals surface area contributed by atoms with Gasteiger partial charge in [-0.15, -0.1) is 0 Å². The van der Waals surface area contributed by atoms with Crippen LogP contribution < -0.4 is 5.32 Å². The third kappa shape index (κ3) is 5.33. The fourth-order valence-electron chi connectivity index (χ4n) is 3.75. The van der Waals surface area contributed by atoms with Crippen molar-refractivity contribution >= 4 is 17.7 Å². The number of carbonyl (C=O) groups excluding carboxylic acids is 3. The zero-order valence-electron chi connectivity index (χ0n) is 17.5. The second-order valence-corrected chi connectivity index (χ2v) is 7.40. The Morgan fingerprint density at radius 3 is 2.14 bits per heavy atom. The van der Waals surface area contributed by atoms with E-state index >= 15 is 0 Å². The summed E-state index contributed by atoms with van der Waals surface area (Å²) in [4.78, 5) is 41.5. The highest BCUT2D eigenvalue weighted by atomic mass is 16.2. The lowest BCUT2D eigenvalue weighted by atomic mass is 9.88. The summed E-state index contributed by atoms with van der Waals surface area (Å²) in [7, 11) is 0. The number of nitrogens with one attached hydrogen (secondary N) is 1. The van der Waals surface area contributed by atoms with E-state index in [2.05, 4.69) is 5.32 Å². The van der Waals surface area contributed by atoms with Crippen LogP contribution in [-0.4, -0.2) is 59.7 Å². The van der Waals surface area contributed by atoms with E-state index in [4.69, 9.17) is 0 Å². The largest absolute Gasteiger partial charge is 0.343 e. The number of hydrogen-bond donors (Lipinski definition) is 1. The maximum Gasteiger partial charge on any atom is 0.251 e. The van der Waals surface area contributed by atoms with Crippen molar-refractivity contribution in [2.45, 2.75) is 53.0 Å². The molecule has 0 saturated carbocycles. The predicted molar refractivity (Wildman–Crippen MR) is 110 cm³/mol. The van der Waals surface area contributed by atoms with Gasteiger partial charge in [0.2, 0.25) is 11.8 Å². The van der Waals surface area contributed by atoms with Gasteiger partial charge in [0.15, 0.2) is 0 Å². The molecule has 1 N–H and O–H groups in total. The molecule has 1 saturated heterocycles. The van der Waals surface area contributed by atoms with Crippen molar-refractivity contribution in [3.63, 3.8) is 0 Å². The van der Waals surface area contributed by atoms with Crippen LogP contribution in [0.2, 0.25) is 0 Å². The number of carbonyl (C=O) groups is 3. The highest BCUT2D eigenvalue weighted by Gasteiger charge is 2.35. The number of piperidine rings is 1. The van der Waals surface area contributed by atoms with E-state index in [1.807, 2.05) is 44.7 Å². The number of likely N-dealkylation sites (N-methyl/N-ethyl adjacent to an activating group) is 1. The molecule has 1 aromatic rings. The zero-order chi connectivity index (χ0) is 20.7. The van der Waals surface area contributed by atoms with E-state index in [1.165, 1.54) is 0 Å². The van der Waals surface area contributed by atoms with E-state index in [0.717, 1.165) is 18.4 Å². The van der Waals surface area contributed by atoms with E-state index in [-0.39, 0.29) is 23.6 Å². The van der Waals surface area contributed by atoms with Crippen LogP contribution in [0.25, 0.3) is 0 Å². The van der Waals surface area contributed by atoms with Gasteiger partial charge in [-0.3, -0.25) is 14.4 Å². The molecule has 0 aliphatic carbocycles. The van der Waals surface area contributed by atoms with E-state index in [0.29, 0.717) is 38.2 Å². The summed E-state index contributed by atoms with van der Waals surface area (Å²) >= 11 is 0. The first kappa shape index (κ1) is 21.9. The van der Waals surface area contributed by atoms with Gasteiger partial charge in [0.25, 0.3) is 5.91 Å². The van der Waals surface area contributed by atoms with Gasteiger partial charge in [0, 0.05) is 38.2 Å². The summed E-state index contributed by atoms with van der Waals surface area (Å²) in [6.45, 7) is 10.2. The quantitative estimate of drug-likeness (QED) is 0.782. The van der Waals surface area contributed by atoms with Crippen molar-refractivity contribution in [2.24, 2.45) is 5.92 Å². The summed E-state index contributed by atoms with van der Waals surface area (Å²) in [6.07, 6.45) is 1.94. The average molecular weight is 388 g/mol. The third-order valence-electron chi connectivity index (χ3n) is 5.61. The molecule has 3 amide bonds. The number of benzene rings is 1. The van der Waals surface area contributed by atoms with Gasteiger partial charge in [0.1, 0.15) is 6.04 Å². The van der Waals surface area contributed by atoms with Crippen molar-refractivity contribution < 1.29 is 14.4 Å². The Labute approximate surface area is 168 Å². The predicted octanol–water partition coefficient (Wildman–Crippen LogP) is 2.61. The second kappa shape index (κ2) is 10.2. The Balaban J connectivity index is 2.15. The van der Waals surface area contributed by atoms with Crippen LogP contribution in [0.4, 0.5) is 0 Å². The fourth-order valence-corrected chi connectivity index (χ4v) is 3.75. The lowest BCUT2D eigenvalue weighted by Gasteiger charge is -2.37. The number of aryl methyl sites for hydroxylation is 1. The standard InChI is InChI=1S/C22H33N3O3/c1-5-19(26)25-14-12-17(13-15-25)20(22(28)24(6-2)7-3)23-21(27)18-10-8-16(4)9-11-18/h8-11,17,20H,5-7,12-15H2,1-4H3,(H,23,27)/t20-/m0/s1. The minimum atomic E-state index is -0.562. The Kier molecular flexibility index (Phi) is 8.03. The molecule has 1 heterocycles. The average Bonchev–Trinajstić information content (AvgIpc) is 2.72. The second-order valence-electron chi connectivity index (χ2n) is 7.40. The number of hydrogen-bond acceptors (Lipinski definition) is 3. The van der Waals surface area contributed by atoms with Gasteiger partial charge in [0.05, 0.1) is 0 Å². The summed E-state index contributed by atoms with van der Waals surface area (Å²) in [6, 6.07) is 6.79. The summed E-state index contributed by atoms with van der Waals surface area (Å²) in [5.74, 6) is -0.0829. The molecular formula is C22H33N3O3. The van der Waals surface area contributed by atoms with Gasteiger partial charge >= 0.3 is 0 Å². The smallest absolute Gasteiger partial charge is 0.251 e. The van der Waals surface area contributed by atoms with Crippen molar-refractivity contribution in [3.8, 4) is 0 Å². The van der Waals surface area contributed by atoms with E-state index in [9.17, 15) is 14.4 Å². The lowest BCUT2D eigenvalue weighted by molar-refractivity contribution is -0.135. The monoisotopic (exact) mass is 387 g/mol. The highest BCUT2D eigenvalue weighted by Crippen LogP contribution is 2.23. The minimum absolute atomic E-state index is 0.0309. The maximum atomic E-state index is 13.1. The Morgan fingerprint density at radius 1 is 1.07 bits per heavy atom. The summed E-state index contributed by atoms with van der Waals surface area (Å²) in [5, 5.41) is 3.00. The summed E-state index contributed by atoms with van der Waals surface area (Å²) in [5.41, 5.74) is 1.64. The highest BCUT2D eigenvalue weighted by molar-refractivity contribution is 5.97. The molecule has 1 aliphatic heterocycles. The van der Waals surface area contributed by atoms with Crippen LogP contribution in [0.3, 0.4) is 0 Å². The normalized spacial score (nSPS) is 15.8. The zero-order valence-corrected chi connectivity index (χ0v) is 17.5. The first-order valence-corrected chi connectivity index (χ1v) is 10.3. The summed E-state index contributed by atoms with van der Waals surface area (Å²) < 4.78 is 0. The maximum absolute atomic E-state index is 13.1. The van der Waals surface area contributed by atoms with Crippen molar-refractivity contribution in [1.82, 2.24) is 15.1 Å². The number of likely N-dealkylation sites (tertiary alicyclic amines) is 1. The molecule has 0 unspecified atom stereocenters. The molecule has 1 fully saturated rings. The number of nitrogens with zero attached hydrogens (tertiary/aromatic N) is 2. The molecule has 1 atom stereocenters. The van der Waals surface area contributed by atoms with E-state index in [1.54, 1.807) is 17.0 Å². The molecule has 1 aliphatic rings. The SMILES string of the molecule is CCC(=O)N1CCC([C@H](NC(=O)c2ccc(C)cc2)C(=O)N(CC)CC)CC1. The number of amides is 3. The fraction of sp³-hybridized carbons (Fsp3) is 0.591. The van der Waals surface area contributed by atoms with Crippen molar-refractivity contribution in [2.75, 3.05) is 26.2 Å². The first-order valence-electron chi connectivity index (χ1n) is 10.3. The van der Waals surface area contributed by atoms with Crippen LogP contribution in [0.5, 0.6) is 0 Å². The molecule has 0 spiro atoms. The van der Waals surface area contributed by atoms with Gasteiger partial charge in [-0.2, -0.15) is 0 Å². The molecule has 28 heavy (non-hydrogen) atoms. The first-order chi connectivity index (χ1) is 13.4. The molecule has 6 nitrogen and oxygen atoms in total. The Morgan fingerprint density at radius 2 is 1.64 bits per heavy atom. The molecule has 6 heteroatoms. The Bertz CT molecular complexity index is 675. The molecule has 0 bridgehead atoms.